The van der Waals surface area contributed by atoms with Crippen LogP contribution < -0.4 is 10.6 Å². The maximum Gasteiger partial charge on any atom is 0.255 e. The molecule has 0 heterocycles. The maximum absolute atomic E-state index is 12.6. The van der Waals surface area contributed by atoms with Crippen molar-refractivity contribution < 1.29 is 9.59 Å². The third-order valence-corrected chi connectivity index (χ3v) is 4.52. The van der Waals surface area contributed by atoms with Crippen molar-refractivity contribution in [1.82, 2.24) is 0 Å². The highest BCUT2D eigenvalue weighted by molar-refractivity contribution is 6.08. The molecule has 0 aliphatic carbocycles. The number of hydrogen-bond donors (Lipinski definition) is 2. The van der Waals surface area contributed by atoms with Gasteiger partial charge in [0, 0.05) is 22.5 Å². The van der Waals surface area contributed by atoms with Crippen LogP contribution in [0.25, 0.3) is 0 Å². The van der Waals surface area contributed by atoms with E-state index in [4.69, 9.17) is 0 Å². The van der Waals surface area contributed by atoms with Gasteiger partial charge in [-0.2, -0.15) is 0 Å². The number of anilines is 2. The minimum atomic E-state index is -0.175. The maximum atomic E-state index is 12.6. The lowest BCUT2D eigenvalue weighted by Crippen LogP contribution is -2.17. The normalized spacial score (nSPS) is 10.3. The zero-order chi connectivity index (χ0) is 19.4. The van der Waals surface area contributed by atoms with Gasteiger partial charge in [-0.1, -0.05) is 42.5 Å². The molecule has 3 aromatic rings. The summed E-state index contributed by atoms with van der Waals surface area (Å²) in [5.74, 6) is -0.350. The summed E-state index contributed by atoms with van der Waals surface area (Å²) in [6.07, 6.45) is 0. The van der Waals surface area contributed by atoms with Crippen LogP contribution >= 0.6 is 0 Å². The van der Waals surface area contributed by atoms with Gasteiger partial charge >= 0.3 is 0 Å². The van der Waals surface area contributed by atoms with Gasteiger partial charge in [0.05, 0.1) is 0 Å². The van der Waals surface area contributed by atoms with Crippen LogP contribution in [0, 0.1) is 20.8 Å². The van der Waals surface area contributed by atoms with Crippen molar-refractivity contribution in [3.8, 4) is 0 Å². The van der Waals surface area contributed by atoms with E-state index < -0.39 is 0 Å². The molecule has 2 amide bonds. The van der Waals surface area contributed by atoms with Crippen LogP contribution in [0.4, 0.5) is 11.4 Å². The largest absolute Gasteiger partial charge is 0.321 e. The molecule has 136 valence electrons. The molecule has 0 atom stereocenters. The zero-order valence-electron chi connectivity index (χ0n) is 15.7. The van der Waals surface area contributed by atoms with Crippen LogP contribution in [-0.4, -0.2) is 11.8 Å². The Bertz CT molecular complexity index is 903. The molecule has 0 unspecified atom stereocenters. The third-order valence-electron chi connectivity index (χ3n) is 4.52. The molecule has 0 aliphatic heterocycles. The van der Waals surface area contributed by atoms with E-state index in [1.807, 2.05) is 63.2 Å². The summed E-state index contributed by atoms with van der Waals surface area (Å²) in [4.78, 5) is 25.1. The predicted octanol–water partition coefficient (Wildman–Crippen LogP) is 5.12. The van der Waals surface area contributed by atoms with E-state index in [1.54, 1.807) is 24.3 Å². The highest BCUT2D eigenvalue weighted by Gasteiger charge is 2.16. The third kappa shape index (κ3) is 4.06. The molecule has 0 spiro atoms. The Morgan fingerprint density at radius 1 is 0.630 bits per heavy atom. The number of nitrogens with one attached hydrogen (secondary N) is 2. The van der Waals surface area contributed by atoms with Crippen LogP contribution in [-0.2, 0) is 0 Å². The van der Waals surface area contributed by atoms with Crippen molar-refractivity contribution in [2.24, 2.45) is 0 Å². The molecule has 0 radical (unpaired) electrons. The molecule has 4 nitrogen and oxygen atoms in total. The standard InChI is InChI=1S/C23H22N2O2/c1-15-14-16(2)21(25-23(27)19-12-8-5-9-13-19)17(3)20(15)24-22(26)18-10-6-4-7-11-18/h4-14H,1-3H3,(H,24,26)(H,25,27). The highest BCUT2D eigenvalue weighted by Crippen LogP contribution is 2.31. The second kappa shape index (κ2) is 7.87. The Kier molecular flexibility index (Phi) is 5.36. The number of benzene rings is 3. The molecular formula is C23H22N2O2. The fraction of sp³-hybridized carbons (Fsp3) is 0.130. The Labute approximate surface area is 159 Å². The van der Waals surface area contributed by atoms with Gasteiger partial charge in [0.25, 0.3) is 11.8 Å². The van der Waals surface area contributed by atoms with E-state index in [0.29, 0.717) is 11.1 Å². The van der Waals surface area contributed by atoms with Crippen molar-refractivity contribution in [2.75, 3.05) is 10.6 Å². The van der Waals surface area contributed by atoms with Crippen LogP contribution in [0.15, 0.2) is 66.7 Å². The Balaban J connectivity index is 1.91. The molecule has 4 heteroatoms. The first kappa shape index (κ1) is 18.4. The van der Waals surface area contributed by atoms with E-state index in [-0.39, 0.29) is 11.8 Å². The summed E-state index contributed by atoms with van der Waals surface area (Å²) in [6, 6.07) is 20.1. The molecule has 0 fully saturated rings. The van der Waals surface area contributed by atoms with Gasteiger partial charge in [-0.3, -0.25) is 9.59 Å². The van der Waals surface area contributed by atoms with Gasteiger partial charge in [0.15, 0.2) is 0 Å². The molecule has 2 N–H and O–H groups in total. The number of hydrogen-bond acceptors (Lipinski definition) is 2. The molecule has 27 heavy (non-hydrogen) atoms. The van der Waals surface area contributed by atoms with Crippen molar-refractivity contribution in [3.63, 3.8) is 0 Å². The number of aryl methyl sites for hydroxylation is 2. The van der Waals surface area contributed by atoms with Gasteiger partial charge in [-0.05, 0) is 61.7 Å². The first-order valence-corrected chi connectivity index (χ1v) is 8.81. The fourth-order valence-corrected chi connectivity index (χ4v) is 3.12. The molecule has 3 aromatic carbocycles. The smallest absolute Gasteiger partial charge is 0.255 e. The summed E-state index contributed by atoms with van der Waals surface area (Å²) >= 11 is 0. The van der Waals surface area contributed by atoms with Crippen LogP contribution in [0.1, 0.15) is 37.4 Å². The lowest BCUT2D eigenvalue weighted by atomic mass is 10.0. The van der Waals surface area contributed by atoms with Gasteiger partial charge in [-0.15, -0.1) is 0 Å². The van der Waals surface area contributed by atoms with E-state index in [1.165, 1.54) is 0 Å². The topological polar surface area (TPSA) is 58.2 Å². The van der Waals surface area contributed by atoms with Gasteiger partial charge < -0.3 is 10.6 Å². The molecule has 0 aromatic heterocycles. The molecular weight excluding hydrogens is 336 g/mol. The molecule has 0 saturated heterocycles. The van der Waals surface area contributed by atoms with Crippen molar-refractivity contribution in [2.45, 2.75) is 20.8 Å². The van der Waals surface area contributed by atoms with E-state index >= 15 is 0 Å². The summed E-state index contributed by atoms with van der Waals surface area (Å²) < 4.78 is 0. The molecule has 0 aliphatic rings. The van der Waals surface area contributed by atoms with Gasteiger partial charge in [-0.25, -0.2) is 0 Å². The summed E-state index contributed by atoms with van der Waals surface area (Å²) in [7, 11) is 0. The van der Waals surface area contributed by atoms with Crippen LogP contribution in [0.2, 0.25) is 0 Å². The zero-order valence-corrected chi connectivity index (χ0v) is 15.7. The Hall–Kier alpha value is -3.40. The molecule has 3 rings (SSSR count). The minimum Gasteiger partial charge on any atom is -0.321 e. The molecule has 0 saturated carbocycles. The van der Waals surface area contributed by atoms with E-state index in [0.717, 1.165) is 28.1 Å². The SMILES string of the molecule is Cc1cc(C)c(NC(=O)c2ccccc2)c(C)c1NC(=O)c1ccccc1. The van der Waals surface area contributed by atoms with Crippen molar-refractivity contribution in [1.29, 1.82) is 0 Å². The van der Waals surface area contributed by atoms with Crippen LogP contribution in [0.5, 0.6) is 0 Å². The van der Waals surface area contributed by atoms with Crippen molar-refractivity contribution in [3.05, 3.63) is 94.5 Å². The monoisotopic (exact) mass is 358 g/mol. The fourth-order valence-electron chi connectivity index (χ4n) is 3.12. The average molecular weight is 358 g/mol. The number of amides is 2. The number of rotatable bonds is 4. The number of carbonyl (C=O) groups excluding carboxylic acids is 2. The summed E-state index contributed by atoms with van der Waals surface area (Å²) in [5.41, 5.74) is 5.36. The summed E-state index contributed by atoms with van der Waals surface area (Å²) in [6.45, 7) is 5.80. The van der Waals surface area contributed by atoms with Crippen LogP contribution in [0.3, 0.4) is 0 Å². The lowest BCUT2D eigenvalue weighted by Gasteiger charge is -2.19. The summed E-state index contributed by atoms with van der Waals surface area (Å²) in [5, 5.41) is 5.97. The van der Waals surface area contributed by atoms with E-state index in [2.05, 4.69) is 10.6 Å². The van der Waals surface area contributed by atoms with E-state index in [9.17, 15) is 9.59 Å². The first-order chi connectivity index (χ1) is 13.0. The number of carbonyl (C=O) groups is 2. The second-order valence-electron chi connectivity index (χ2n) is 6.53. The molecule has 0 bridgehead atoms. The second-order valence-corrected chi connectivity index (χ2v) is 6.53. The predicted molar refractivity (Wildman–Crippen MR) is 109 cm³/mol. The average Bonchev–Trinajstić information content (AvgIpc) is 2.69. The first-order valence-electron chi connectivity index (χ1n) is 8.81. The van der Waals surface area contributed by atoms with Crippen molar-refractivity contribution >= 4 is 23.2 Å². The quantitative estimate of drug-likeness (QED) is 0.680. The van der Waals surface area contributed by atoms with Gasteiger partial charge in [0.1, 0.15) is 0 Å². The minimum absolute atomic E-state index is 0.175. The van der Waals surface area contributed by atoms with Gasteiger partial charge in [0.2, 0.25) is 0 Å². The Morgan fingerprint density at radius 2 is 1.00 bits per heavy atom. The Morgan fingerprint density at radius 3 is 1.37 bits per heavy atom. The highest BCUT2D eigenvalue weighted by atomic mass is 16.2. The lowest BCUT2D eigenvalue weighted by molar-refractivity contribution is 0.101.